The molecule has 0 bridgehead atoms. The molecule has 0 saturated carbocycles. The van der Waals surface area contributed by atoms with Gasteiger partial charge < -0.3 is 20.3 Å². The molecule has 0 spiro atoms. The van der Waals surface area contributed by atoms with Crippen molar-refractivity contribution in [3.05, 3.63) is 52.0 Å². The zero-order valence-electron chi connectivity index (χ0n) is 31.4. The fraction of sp³-hybridized carbons (Fsp3) is 0.639. The van der Waals surface area contributed by atoms with Gasteiger partial charge in [0.15, 0.2) is 6.10 Å². The Hall–Kier alpha value is -3.40. The second kappa shape index (κ2) is 18.4. The summed E-state index contributed by atoms with van der Waals surface area (Å²) < 4.78 is 31.9. The molecule has 2 aromatic rings. The highest BCUT2D eigenvalue weighted by Crippen LogP contribution is 2.32. The number of aromatic nitrogens is 1. The number of sulfonamides is 1. The Balaban J connectivity index is 1.82. The molecule has 3 N–H and O–H groups in total. The maximum atomic E-state index is 14.2. The van der Waals surface area contributed by atoms with Crippen molar-refractivity contribution in [2.75, 3.05) is 33.4 Å². The maximum absolute atomic E-state index is 14.2. The molecule has 6 atom stereocenters. The zero-order valence-corrected chi connectivity index (χ0v) is 33.0. The molecule has 1 aromatic heterocycles. The van der Waals surface area contributed by atoms with Gasteiger partial charge in [-0.1, -0.05) is 64.4 Å². The number of carbonyl (C=O) groups is 4. The Kier molecular flexibility index (Phi) is 15.1. The number of hydrogen-bond acceptors (Lipinski definition) is 10. The van der Waals surface area contributed by atoms with E-state index in [0.717, 1.165) is 36.1 Å². The Labute approximate surface area is 307 Å². The van der Waals surface area contributed by atoms with Gasteiger partial charge >= 0.3 is 5.97 Å². The third-order valence-electron chi connectivity index (χ3n) is 9.91. The van der Waals surface area contributed by atoms with Crippen molar-refractivity contribution in [2.45, 2.75) is 103 Å². The summed E-state index contributed by atoms with van der Waals surface area (Å²) in [5.74, 6) is -1.63. The first-order valence-electron chi connectivity index (χ1n) is 17.6. The zero-order chi connectivity index (χ0) is 38.1. The van der Waals surface area contributed by atoms with Crippen LogP contribution in [0.1, 0.15) is 94.4 Å². The topological polar surface area (TPSA) is 167 Å². The third kappa shape index (κ3) is 11.8. The predicted molar refractivity (Wildman–Crippen MR) is 199 cm³/mol. The fourth-order valence-corrected chi connectivity index (χ4v) is 7.71. The minimum Gasteiger partial charge on any atom is -0.455 e. The number of thiazole rings is 1. The molecule has 1 aliphatic rings. The fourth-order valence-electron chi connectivity index (χ4n) is 6.37. The number of ether oxygens (including phenoxy) is 1. The average Bonchev–Trinajstić information content (AvgIpc) is 3.70. The SMILES string of the molecule is CC[C@H](C)[C@H](NC(=O)[C@@]1(C)CCCN1C)C(=O)N(C)[C@H](C[C@@H](OC(C)=O)c1nc(C(=O)N[C@H](CNS(C)(=O)=O)Cc2ccccc2)cs1)C(C)C. The molecule has 0 radical (unpaired) electrons. The van der Waals surface area contributed by atoms with Gasteiger partial charge in [0.05, 0.1) is 11.8 Å². The second-order valence-corrected chi connectivity index (χ2v) is 17.0. The third-order valence-corrected chi connectivity index (χ3v) is 11.5. The van der Waals surface area contributed by atoms with Gasteiger partial charge in [0.2, 0.25) is 21.8 Å². The van der Waals surface area contributed by atoms with E-state index in [4.69, 9.17) is 4.74 Å². The van der Waals surface area contributed by atoms with E-state index in [1.807, 2.05) is 76.9 Å². The first-order valence-corrected chi connectivity index (χ1v) is 20.3. The summed E-state index contributed by atoms with van der Waals surface area (Å²) >= 11 is 1.16. The van der Waals surface area contributed by atoms with Crippen LogP contribution in [0.25, 0.3) is 0 Å². The number of rotatable bonds is 18. The minimum absolute atomic E-state index is 0.0169. The second-order valence-electron chi connectivity index (χ2n) is 14.3. The smallest absolute Gasteiger partial charge is 0.303 e. The van der Waals surface area contributed by atoms with Crippen LogP contribution in [0.15, 0.2) is 35.7 Å². The molecule has 1 fully saturated rings. The highest BCUT2D eigenvalue weighted by atomic mass is 32.2. The minimum atomic E-state index is -3.50. The molecule has 284 valence electrons. The van der Waals surface area contributed by atoms with Crippen molar-refractivity contribution in [2.24, 2.45) is 11.8 Å². The standard InChI is InChI=1S/C36H56N6O7S2/c1-10-24(4)31(40-35(46)36(6)17-14-18-41(36)7)34(45)42(8)29(23(2)3)20-30(49-25(5)43)33-39-28(22-50-33)32(44)38-27(21-37-51(9,47)48)19-26-15-12-11-13-16-26/h11-13,15-16,22-24,27,29-31,37H,10,14,17-21H2,1-9H3,(H,38,44)(H,40,46)/t24-,27-,29+,30+,31-,36+/m0/s1. The van der Waals surface area contributed by atoms with Crippen molar-refractivity contribution in [1.82, 2.24) is 30.1 Å². The van der Waals surface area contributed by atoms with Crippen molar-refractivity contribution in [3.63, 3.8) is 0 Å². The van der Waals surface area contributed by atoms with E-state index in [2.05, 4.69) is 20.3 Å². The number of esters is 1. The Morgan fingerprint density at radius 1 is 1.12 bits per heavy atom. The first-order chi connectivity index (χ1) is 23.9. The van der Waals surface area contributed by atoms with Crippen LogP contribution in [-0.2, 0) is 35.6 Å². The van der Waals surface area contributed by atoms with Gasteiger partial charge in [0.1, 0.15) is 16.7 Å². The summed E-state index contributed by atoms with van der Waals surface area (Å²) in [6.07, 6.45) is 3.10. The average molecular weight is 749 g/mol. The number of likely N-dealkylation sites (N-methyl/N-ethyl adjacent to an activating group) is 2. The summed E-state index contributed by atoms with van der Waals surface area (Å²) in [6, 6.07) is 7.67. The summed E-state index contributed by atoms with van der Waals surface area (Å²) in [6.45, 7) is 11.9. The quantitative estimate of drug-likeness (QED) is 0.193. The summed E-state index contributed by atoms with van der Waals surface area (Å²) in [7, 11) is 0.132. The predicted octanol–water partition coefficient (Wildman–Crippen LogP) is 3.53. The molecule has 3 rings (SSSR count). The highest BCUT2D eigenvalue weighted by molar-refractivity contribution is 7.88. The lowest BCUT2D eigenvalue weighted by Gasteiger charge is -2.38. The number of amides is 3. The molecule has 1 aromatic carbocycles. The van der Waals surface area contributed by atoms with Crippen LogP contribution in [0, 0.1) is 11.8 Å². The number of nitrogens with zero attached hydrogens (tertiary/aromatic N) is 3. The van der Waals surface area contributed by atoms with Crippen LogP contribution in [0.5, 0.6) is 0 Å². The lowest BCUT2D eigenvalue weighted by Crippen LogP contribution is -2.60. The van der Waals surface area contributed by atoms with E-state index in [1.54, 1.807) is 17.3 Å². The van der Waals surface area contributed by atoms with E-state index in [1.165, 1.54) is 6.92 Å². The van der Waals surface area contributed by atoms with E-state index in [9.17, 15) is 27.6 Å². The summed E-state index contributed by atoms with van der Waals surface area (Å²) in [5, 5.41) is 7.93. The van der Waals surface area contributed by atoms with Crippen LogP contribution >= 0.6 is 11.3 Å². The molecule has 3 amide bonds. The molecule has 13 nitrogen and oxygen atoms in total. The van der Waals surface area contributed by atoms with Gasteiger partial charge in [0, 0.05) is 44.4 Å². The molecular formula is C36H56N6O7S2. The summed E-state index contributed by atoms with van der Waals surface area (Å²) in [4.78, 5) is 61.7. The lowest BCUT2D eigenvalue weighted by atomic mass is 9.91. The first kappa shape index (κ1) is 42.0. The largest absolute Gasteiger partial charge is 0.455 e. The van der Waals surface area contributed by atoms with Gasteiger partial charge in [-0.05, 0) is 57.2 Å². The maximum Gasteiger partial charge on any atom is 0.303 e. The number of hydrogen-bond donors (Lipinski definition) is 3. The molecule has 2 heterocycles. The van der Waals surface area contributed by atoms with Crippen molar-refractivity contribution in [1.29, 1.82) is 0 Å². The van der Waals surface area contributed by atoms with Crippen LogP contribution in [0.3, 0.4) is 0 Å². The van der Waals surface area contributed by atoms with E-state index in [0.29, 0.717) is 24.3 Å². The molecule has 1 aliphatic heterocycles. The van der Waals surface area contributed by atoms with E-state index in [-0.39, 0.29) is 42.3 Å². The van der Waals surface area contributed by atoms with E-state index < -0.39 is 51.7 Å². The van der Waals surface area contributed by atoms with Crippen LogP contribution in [0.2, 0.25) is 0 Å². The lowest BCUT2D eigenvalue weighted by molar-refractivity contribution is -0.149. The molecule has 0 aliphatic carbocycles. The van der Waals surface area contributed by atoms with Gasteiger partial charge in [-0.15, -0.1) is 11.3 Å². The number of carbonyl (C=O) groups excluding carboxylic acids is 4. The molecule has 15 heteroatoms. The Morgan fingerprint density at radius 3 is 2.33 bits per heavy atom. The number of benzene rings is 1. The van der Waals surface area contributed by atoms with Crippen LogP contribution in [0.4, 0.5) is 0 Å². The van der Waals surface area contributed by atoms with Gasteiger partial charge in [0.25, 0.3) is 5.91 Å². The highest BCUT2D eigenvalue weighted by Gasteiger charge is 2.44. The van der Waals surface area contributed by atoms with Crippen LogP contribution < -0.4 is 15.4 Å². The molecule has 0 unspecified atom stereocenters. The number of likely N-dealkylation sites (tertiary alicyclic amines) is 1. The van der Waals surface area contributed by atoms with E-state index >= 15 is 0 Å². The normalized spacial score (nSPS) is 19.5. The van der Waals surface area contributed by atoms with Gasteiger partial charge in [-0.2, -0.15) is 0 Å². The number of nitrogens with one attached hydrogen (secondary N) is 3. The van der Waals surface area contributed by atoms with Crippen molar-refractivity contribution >= 4 is 45.1 Å². The van der Waals surface area contributed by atoms with Crippen LogP contribution in [-0.4, -0.2) is 104 Å². The van der Waals surface area contributed by atoms with Gasteiger partial charge in [-0.3, -0.25) is 24.1 Å². The van der Waals surface area contributed by atoms with Gasteiger partial charge in [-0.25, -0.2) is 18.1 Å². The molecule has 1 saturated heterocycles. The molecular weight excluding hydrogens is 693 g/mol. The molecule has 51 heavy (non-hydrogen) atoms. The van der Waals surface area contributed by atoms with Crippen molar-refractivity contribution in [3.8, 4) is 0 Å². The Bertz CT molecular complexity index is 1600. The monoisotopic (exact) mass is 748 g/mol. The van der Waals surface area contributed by atoms with Crippen molar-refractivity contribution < 1.29 is 32.3 Å². The summed E-state index contributed by atoms with van der Waals surface area (Å²) in [5.41, 5.74) is 0.323. The Morgan fingerprint density at radius 2 is 1.78 bits per heavy atom.